The van der Waals surface area contributed by atoms with Gasteiger partial charge in [0.15, 0.2) is 4.34 Å². The molecule has 1 aromatic carbocycles. The number of aliphatic carboxylic acids is 1. The summed E-state index contributed by atoms with van der Waals surface area (Å²) < 4.78 is 2.80. The molecule has 1 N–H and O–H groups in total. The van der Waals surface area contributed by atoms with Crippen LogP contribution in [0.4, 0.5) is 0 Å². The van der Waals surface area contributed by atoms with Gasteiger partial charge in [0.1, 0.15) is 0 Å². The number of carbonyl (C=O) groups excluding carboxylic acids is 1. The number of rotatable bonds is 9. The lowest BCUT2D eigenvalue weighted by Gasteiger charge is -2.38. The summed E-state index contributed by atoms with van der Waals surface area (Å²) in [7, 11) is 0. The Morgan fingerprint density at radius 1 is 1.00 bits per heavy atom. The molecule has 2 saturated heterocycles. The van der Waals surface area contributed by atoms with Crippen LogP contribution in [-0.2, 0) is 10.5 Å². The lowest BCUT2D eigenvalue weighted by molar-refractivity contribution is -0.138. The lowest BCUT2D eigenvalue weighted by Crippen LogP contribution is -2.50. The van der Waals surface area contributed by atoms with Crippen LogP contribution in [0.1, 0.15) is 61.5 Å². The summed E-state index contributed by atoms with van der Waals surface area (Å²) in [4.78, 5) is 34.4. The van der Waals surface area contributed by atoms with E-state index in [9.17, 15) is 9.59 Å². The Morgan fingerprint density at radius 2 is 1.67 bits per heavy atom. The molecule has 3 aromatic rings. The van der Waals surface area contributed by atoms with Gasteiger partial charge in [0.05, 0.1) is 12.9 Å². The van der Waals surface area contributed by atoms with Crippen molar-refractivity contribution >= 4 is 48.5 Å². The predicted molar refractivity (Wildman–Crippen MR) is 180 cm³/mol. The highest BCUT2D eigenvalue weighted by Gasteiger charge is 2.28. The number of piperazine rings is 1. The third-order valence-electron chi connectivity index (χ3n) is 7.31. The van der Waals surface area contributed by atoms with Crippen LogP contribution in [0.25, 0.3) is 5.69 Å². The van der Waals surface area contributed by atoms with Crippen molar-refractivity contribution in [3.05, 3.63) is 53.1 Å². The number of aromatic nitrogens is 4. The van der Waals surface area contributed by atoms with E-state index in [1.54, 1.807) is 24.3 Å². The summed E-state index contributed by atoms with van der Waals surface area (Å²) in [6.45, 7) is 16.2. The van der Waals surface area contributed by atoms with Crippen LogP contribution >= 0.6 is 36.6 Å². The zero-order chi connectivity index (χ0) is 30.5. The van der Waals surface area contributed by atoms with Crippen molar-refractivity contribution in [3.63, 3.8) is 0 Å². The number of carboxylic acid groups (broad SMARTS) is 1. The zero-order valence-corrected chi connectivity index (χ0v) is 28.7. The highest BCUT2D eigenvalue weighted by atomic mass is 32.2. The molecule has 2 aliphatic rings. The molecule has 43 heavy (non-hydrogen) atoms. The smallest absolute Gasteiger partial charge is 0.317 e. The third kappa shape index (κ3) is 10.9. The van der Waals surface area contributed by atoms with Gasteiger partial charge in [0, 0.05) is 69.6 Å². The Balaban J connectivity index is 0.00000124. The quantitative estimate of drug-likeness (QED) is 0.319. The van der Waals surface area contributed by atoms with Crippen molar-refractivity contribution in [2.45, 2.75) is 57.6 Å². The maximum Gasteiger partial charge on any atom is 0.317 e. The third-order valence-corrected chi connectivity index (χ3v) is 9.40. The van der Waals surface area contributed by atoms with E-state index in [0.29, 0.717) is 10.9 Å². The minimum Gasteiger partial charge on any atom is -0.480 e. The van der Waals surface area contributed by atoms with E-state index < -0.39 is 5.97 Å². The van der Waals surface area contributed by atoms with Crippen LogP contribution in [0.3, 0.4) is 0 Å². The average Bonchev–Trinajstić information content (AvgIpc) is 3.73. The molecule has 13 heteroatoms. The molecule has 0 radical (unpaired) electrons. The Bertz CT molecular complexity index is 1240. The van der Waals surface area contributed by atoms with Gasteiger partial charge in [-0.2, -0.15) is 13.5 Å². The number of aryl methyl sites for hydroxylation is 1. The molecule has 0 atom stereocenters. The first-order chi connectivity index (χ1) is 20.4. The number of hydrogen-bond donors (Lipinski definition) is 1. The Labute approximate surface area is 271 Å². The molecule has 2 aromatic heterocycles. The van der Waals surface area contributed by atoms with Gasteiger partial charge < -0.3 is 19.5 Å². The van der Waals surface area contributed by atoms with Crippen molar-refractivity contribution < 1.29 is 14.7 Å². The van der Waals surface area contributed by atoms with Gasteiger partial charge in [-0.1, -0.05) is 56.9 Å². The molecule has 10 nitrogen and oxygen atoms in total. The molecule has 0 unspecified atom stereocenters. The van der Waals surface area contributed by atoms with E-state index in [1.165, 1.54) is 22.5 Å². The Morgan fingerprint density at radius 3 is 2.28 bits per heavy atom. The van der Waals surface area contributed by atoms with E-state index in [-0.39, 0.29) is 25.9 Å². The minimum atomic E-state index is -0.761. The second-order valence-corrected chi connectivity index (χ2v) is 12.1. The maximum absolute atomic E-state index is 13.1. The van der Waals surface area contributed by atoms with Crippen molar-refractivity contribution in [1.82, 2.24) is 34.4 Å². The van der Waals surface area contributed by atoms with Crippen LogP contribution in [0.5, 0.6) is 0 Å². The number of likely N-dealkylation sites (tertiary alicyclic amines) is 1. The molecule has 2 fully saturated rings. The Hall–Kier alpha value is -2.45. The highest BCUT2D eigenvalue weighted by Crippen LogP contribution is 2.29. The van der Waals surface area contributed by atoms with Crippen LogP contribution in [0.15, 0.2) is 41.3 Å². The second-order valence-electron chi connectivity index (χ2n) is 9.95. The summed E-state index contributed by atoms with van der Waals surface area (Å²) in [5.74, 6) is 0.558. The van der Waals surface area contributed by atoms with E-state index in [4.69, 9.17) is 5.11 Å². The molecule has 0 bridgehead atoms. The summed E-state index contributed by atoms with van der Waals surface area (Å²) in [5.41, 5.74) is 3.52. The number of benzene rings is 1. The number of carboxylic acids is 1. The number of thioether (sulfide) groups is 1. The molecule has 0 saturated carbocycles. The van der Waals surface area contributed by atoms with Crippen molar-refractivity contribution in [1.29, 1.82) is 0 Å². The van der Waals surface area contributed by atoms with Crippen LogP contribution in [0, 0.1) is 12.8 Å². The van der Waals surface area contributed by atoms with Crippen molar-refractivity contribution in [3.8, 4) is 5.69 Å². The molecular weight excluding hydrogens is 603 g/mol. The van der Waals surface area contributed by atoms with Gasteiger partial charge in [-0.25, -0.2) is 4.98 Å². The minimum absolute atomic E-state index is 0. The second kappa shape index (κ2) is 19.0. The topological polar surface area (TPSA) is 108 Å². The van der Waals surface area contributed by atoms with Gasteiger partial charge >= 0.3 is 5.97 Å². The zero-order valence-electron chi connectivity index (χ0n) is 26.0. The standard InChI is InChI=1S/C26H33N7O3S2.2C2H6.H2S/c1-19-14-22(33-9-6-27-18-33)3-2-21(19)17-37-26-29-28-24(38-26)25(36)32-7-4-20(5-8-32)15-30-10-12-31(13-11-30)16-23(34)35;2*1-2;/h2-3,6,9,14,18,20H,4-5,7-8,10-13,15-17H2,1H3,(H,34,35);2*1-2H3;1H2. The first-order valence-corrected chi connectivity index (χ1v) is 16.7. The van der Waals surface area contributed by atoms with Gasteiger partial charge in [0.2, 0.25) is 5.01 Å². The van der Waals surface area contributed by atoms with Crippen LogP contribution < -0.4 is 0 Å². The monoisotopic (exact) mass is 649 g/mol. The number of amides is 1. The summed E-state index contributed by atoms with van der Waals surface area (Å²) in [5, 5.41) is 17.9. The van der Waals surface area contributed by atoms with Crippen molar-refractivity contribution in [2.75, 3.05) is 52.4 Å². The number of nitrogens with zero attached hydrogens (tertiary/aromatic N) is 7. The molecule has 2 aliphatic heterocycles. The highest BCUT2D eigenvalue weighted by molar-refractivity contribution is 8.00. The molecule has 4 heterocycles. The number of imidazole rings is 1. The fourth-order valence-electron chi connectivity index (χ4n) is 5.05. The molecule has 5 rings (SSSR count). The Kier molecular flexibility index (Phi) is 16.3. The first-order valence-electron chi connectivity index (χ1n) is 14.9. The van der Waals surface area contributed by atoms with Gasteiger partial charge in [-0.3, -0.25) is 14.5 Å². The van der Waals surface area contributed by atoms with Crippen LogP contribution in [0.2, 0.25) is 0 Å². The maximum atomic E-state index is 13.1. The largest absolute Gasteiger partial charge is 0.480 e. The molecule has 238 valence electrons. The fourth-order valence-corrected chi connectivity index (χ4v) is 6.94. The summed E-state index contributed by atoms with van der Waals surface area (Å²) in [6.07, 6.45) is 7.45. The van der Waals surface area contributed by atoms with E-state index in [2.05, 4.69) is 45.2 Å². The first kappa shape index (κ1) is 36.7. The number of hydrogen-bond acceptors (Lipinski definition) is 9. The lowest BCUT2D eigenvalue weighted by atomic mass is 9.96. The predicted octanol–water partition coefficient (Wildman–Crippen LogP) is 5.04. The summed E-state index contributed by atoms with van der Waals surface area (Å²) >= 11 is 2.99. The SMILES string of the molecule is CC.CC.Cc1cc(-n2ccnc2)ccc1CSc1nnc(C(=O)N2CCC(CN3CCN(CC(=O)O)CC3)CC2)s1.S. The molecule has 0 aliphatic carbocycles. The van der Waals surface area contributed by atoms with Gasteiger partial charge in [0.25, 0.3) is 5.91 Å². The average molecular weight is 650 g/mol. The number of piperidine rings is 1. The van der Waals surface area contributed by atoms with Crippen LogP contribution in [-0.4, -0.2) is 104 Å². The fraction of sp³-hybridized carbons (Fsp3) is 0.567. The normalized spacial score (nSPS) is 15.9. The van der Waals surface area contributed by atoms with E-state index in [0.717, 1.165) is 74.4 Å². The summed E-state index contributed by atoms with van der Waals surface area (Å²) in [6, 6.07) is 6.36. The van der Waals surface area contributed by atoms with E-state index >= 15 is 0 Å². The molecule has 1 amide bonds. The van der Waals surface area contributed by atoms with E-state index in [1.807, 2.05) is 48.3 Å². The van der Waals surface area contributed by atoms with Crippen molar-refractivity contribution in [2.24, 2.45) is 5.92 Å². The van der Waals surface area contributed by atoms with Gasteiger partial charge in [-0.15, -0.1) is 10.2 Å². The van der Waals surface area contributed by atoms with Gasteiger partial charge in [-0.05, 0) is 48.9 Å². The number of carbonyl (C=O) groups is 2. The molecule has 0 spiro atoms. The molecular formula is C30H47N7O3S3.